The van der Waals surface area contributed by atoms with Gasteiger partial charge in [-0.1, -0.05) is 59.6 Å². The second-order valence-electron chi connectivity index (χ2n) is 17.4. The van der Waals surface area contributed by atoms with Crippen LogP contribution in [0.3, 0.4) is 0 Å². The van der Waals surface area contributed by atoms with Gasteiger partial charge in [-0.05, 0) is 98.4 Å². The van der Waals surface area contributed by atoms with E-state index >= 15 is 0 Å². The fraction of sp³-hybridized carbons (Fsp3) is 0.309. The second kappa shape index (κ2) is 26.6. The molecular formula is C55H58Cl2N6O10. The summed E-state index contributed by atoms with van der Waals surface area (Å²) in [5.41, 5.74) is 9.54. The smallest absolute Gasteiger partial charge is 0.321 e. The third kappa shape index (κ3) is 14.8. The first-order valence-corrected chi connectivity index (χ1v) is 24.0. The topological polar surface area (TPSA) is 220 Å². The average molecular weight is 1030 g/mol. The molecule has 18 heteroatoms. The maximum Gasteiger partial charge on any atom is 0.321 e. The van der Waals surface area contributed by atoms with Gasteiger partial charge < -0.3 is 39.4 Å². The Morgan fingerprint density at radius 2 is 1.11 bits per heavy atom. The molecule has 0 unspecified atom stereocenters. The van der Waals surface area contributed by atoms with Crippen molar-refractivity contribution in [3.63, 3.8) is 0 Å². The number of carbonyl (C=O) groups is 2. The molecule has 0 saturated heterocycles. The molecule has 0 amide bonds. The van der Waals surface area contributed by atoms with Crippen molar-refractivity contribution in [2.75, 3.05) is 34.4 Å². The number of halogens is 2. The molecule has 73 heavy (non-hydrogen) atoms. The molecule has 6 aromatic rings. The first-order chi connectivity index (χ1) is 35.1. The van der Waals surface area contributed by atoms with Gasteiger partial charge in [0.15, 0.2) is 0 Å². The van der Waals surface area contributed by atoms with Crippen molar-refractivity contribution in [1.82, 2.24) is 19.8 Å². The Labute approximate surface area is 434 Å². The van der Waals surface area contributed by atoms with Gasteiger partial charge in [0.1, 0.15) is 67.6 Å². The highest BCUT2D eigenvalue weighted by Crippen LogP contribution is 2.38. The van der Waals surface area contributed by atoms with Crippen LogP contribution in [0.2, 0.25) is 10.0 Å². The van der Waals surface area contributed by atoms with E-state index in [1.54, 1.807) is 86.1 Å². The Balaban J connectivity index is 1.23. The molecule has 382 valence electrons. The molecule has 0 saturated carbocycles. The molecule has 16 nitrogen and oxygen atoms in total. The van der Waals surface area contributed by atoms with Gasteiger partial charge in [0, 0.05) is 104 Å². The number of rotatable bonds is 26. The highest BCUT2D eigenvalue weighted by Gasteiger charge is 2.26. The molecule has 2 atom stereocenters. The Bertz CT molecular complexity index is 2970. The predicted molar refractivity (Wildman–Crippen MR) is 277 cm³/mol. The van der Waals surface area contributed by atoms with E-state index in [9.17, 15) is 35.3 Å². The molecule has 0 aliphatic carbocycles. The Morgan fingerprint density at radius 3 is 1.55 bits per heavy atom. The Morgan fingerprint density at radius 1 is 0.658 bits per heavy atom. The van der Waals surface area contributed by atoms with Crippen molar-refractivity contribution in [1.29, 1.82) is 5.26 Å². The maximum atomic E-state index is 12.1. The van der Waals surface area contributed by atoms with E-state index in [4.69, 9.17) is 42.1 Å². The number of aliphatic hydroxyl groups excluding tert-OH is 2. The lowest BCUT2D eigenvalue weighted by Crippen LogP contribution is -2.38. The number of pyridine rings is 2. The largest absolute Gasteiger partial charge is 0.488 e. The first kappa shape index (κ1) is 55.2. The zero-order chi connectivity index (χ0) is 52.6. The lowest BCUT2D eigenvalue weighted by atomic mass is 9.92. The van der Waals surface area contributed by atoms with E-state index in [0.29, 0.717) is 50.3 Å². The summed E-state index contributed by atoms with van der Waals surface area (Å²) in [6, 6.07) is 22.5. The number of carboxylic acid groups (broad SMARTS) is 2. The monoisotopic (exact) mass is 1030 g/mol. The molecule has 2 heterocycles. The van der Waals surface area contributed by atoms with Crippen LogP contribution in [-0.2, 0) is 49.1 Å². The molecule has 0 aliphatic heterocycles. The number of nitrogens with zero attached hydrogens (tertiary/aromatic N) is 6. The molecule has 6 rings (SSSR count). The SMILES string of the molecule is CN=Cc1cncc(COc2cc(OCc3cccc(-c4cccc(COc5cc(OCc6cncc(C#N)c6)c(CN(C)[C@@H](CCO)C(=O)O)cc5Cl)c4C)c3C)c(Cl)cc2CN(C)[C@@H](CCO)C(=O)O)c1. The molecule has 0 radical (unpaired) electrons. The Kier molecular flexibility index (Phi) is 20.1. The van der Waals surface area contributed by atoms with Crippen molar-refractivity contribution in [3.8, 4) is 40.2 Å². The number of hydrogen-bond acceptors (Lipinski definition) is 14. The van der Waals surface area contributed by atoms with Gasteiger partial charge in [-0.2, -0.15) is 5.26 Å². The van der Waals surface area contributed by atoms with E-state index in [1.807, 2.05) is 56.3 Å². The van der Waals surface area contributed by atoms with Crippen LogP contribution >= 0.6 is 23.2 Å². The van der Waals surface area contributed by atoms with Crippen molar-refractivity contribution in [3.05, 3.63) is 163 Å². The maximum absolute atomic E-state index is 12.1. The highest BCUT2D eigenvalue weighted by molar-refractivity contribution is 6.32. The van der Waals surface area contributed by atoms with Crippen LogP contribution in [0, 0.1) is 25.2 Å². The third-order valence-electron chi connectivity index (χ3n) is 12.3. The number of aliphatic imine (C=N–C) groups is 1. The summed E-state index contributed by atoms with van der Waals surface area (Å²) in [5.74, 6) is -0.607. The molecule has 0 aliphatic rings. The number of nitriles is 1. The van der Waals surface area contributed by atoms with Gasteiger partial charge in [0.25, 0.3) is 0 Å². The van der Waals surface area contributed by atoms with Crippen LogP contribution < -0.4 is 18.9 Å². The number of ether oxygens (including phenoxy) is 4. The summed E-state index contributed by atoms with van der Waals surface area (Å²) in [6.45, 7) is 4.25. The van der Waals surface area contributed by atoms with E-state index in [2.05, 4.69) is 21.0 Å². The van der Waals surface area contributed by atoms with Gasteiger partial charge in [-0.15, -0.1) is 0 Å². The van der Waals surface area contributed by atoms with Crippen molar-refractivity contribution >= 4 is 41.4 Å². The van der Waals surface area contributed by atoms with E-state index in [1.165, 1.54) is 6.20 Å². The standard InChI is InChI=1S/C55H58Cl2N6O10/c1-34-40(32-72-52-20-50(70-30-38-16-36(22-58)24-60-26-38)42(18-46(52)56)28-62(4)48(12-14-64)54(66)67)8-6-10-44(34)45-11-7-9-41(35(45)2)33-73-53-21-51(71-31-39-17-37(23-59-3)25-61-27-39)43(19-47(53)57)29-63(5)49(13-15-65)55(68)69/h6-11,16-21,23-27,48-49,64-65H,12-15,28-33H2,1-5H3,(H,66,67)(H,68,69)/t48-,49-/m0/s1. The zero-order valence-corrected chi connectivity index (χ0v) is 42.7. The fourth-order valence-corrected chi connectivity index (χ4v) is 8.77. The van der Waals surface area contributed by atoms with Crippen LogP contribution in [0.4, 0.5) is 0 Å². The van der Waals surface area contributed by atoms with Gasteiger partial charge >= 0.3 is 11.9 Å². The number of benzene rings is 4. The van der Waals surface area contributed by atoms with Crippen LogP contribution in [-0.4, -0.2) is 105 Å². The molecule has 4 aromatic carbocycles. The highest BCUT2D eigenvalue weighted by atomic mass is 35.5. The van der Waals surface area contributed by atoms with E-state index < -0.39 is 24.0 Å². The van der Waals surface area contributed by atoms with Crippen molar-refractivity contribution < 1.29 is 49.0 Å². The number of hydrogen-bond donors (Lipinski definition) is 4. The summed E-state index contributed by atoms with van der Waals surface area (Å²) in [4.78, 5) is 39.9. The minimum absolute atomic E-state index is 0.0257. The van der Waals surface area contributed by atoms with Gasteiger partial charge in [0.2, 0.25) is 0 Å². The quantitative estimate of drug-likeness (QED) is 0.0373. The summed E-state index contributed by atoms with van der Waals surface area (Å²) in [6.07, 6.45) is 8.20. The fourth-order valence-electron chi connectivity index (χ4n) is 8.29. The number of aromatic nitrogens is 2. The summed E-state index contributed by atoms with van der Waals surface area (Å²) in [5, 5.41) is 48.8. The summed E-state index contributed by atoms with van der Waals surface area (Å²) < 4.78 is 25.4. The third-order valence-corrected chi connectivity index (χ3v) is 12.9. The predicted octanol–water partition coefficient (Wildman–Crippen LogP) is 8.84. The number of aliphatic carboxylic acids is 2. The molecular weight excluding hydrogens is 976 g/mol. The molecule has 2 aromatic heterocycles. The Hall–Kier alpha value is -7.10. The summed E-state index contributed by atoms with van der Waals surface area (Å²) in [7, 11) is 4.99. The van der Waals surface area contributed by atoms with Crippen molar-refractivity contribution in [2.45, 2.75) is 78.3 Å². The lowest BCUT2D eigenvalue weighted by Gasteiger charge is -2.25. The molecule has 0 spiro atoms. The normalized spacial score (nSPS) is 12.2. The van der Waals surface area contributed by atoms with Crippen molar-refractivity contribution in [2.24, 2.45) is 4.99 Å². The lowest BCUT2D eigenvalue weighted by molar-refractivity contribution is -0.144. The molecule has 0 fully saturated rings. The van der Waals surface area contributed by atoms with Crippen LogP contribution in [0.15, 0.2) is 103 Å². The average Bonchev–Trinajstić information content (AvgIpc) is 3.36. The first-order valence-electron chi connectivity index (χ1n) is 23.3. The van der Waals surface area contributed by atoms with Crippen LogP contribution in [0.1, 0.15) is 68.5 Å². The van der Waals surface area contributed by atoms with E-state index in [0.717, 1.165) is 44.5 Å². The number of carboxylic acids is 2. The van der Waals surface area contributed by atoms with Gasteiger partial charge in [-0.25, -0.2) is 0 Å². The minimum atomic E-state index is -1.07. The number of aliphatic hydroxyl groups is 2. The summed E-state index contributed by atoms with van der Waals surface area (Å²) >= 11 is 13.7. The second-order valence-corrected chi connectivity index (χ2v) is 18.2. The van der Waals surface area contributed by atoms with Gasteiger partial charge in [0.05, 0.1) is 15.6 Å². The van der Waals surface area contributed by atoms with Crippen LogP contribution in [0.5, 0.6) is 23.0 Å². The zero-order valence-electron chi connectivity index (χ0n) is 41.2. The van der Waals surface area contributed by atoms with E-state index in [-0.39, 0.29) is 70.6 Å². The number of likely N-dealkylation sites (N-methyl/N-ethyl adjacent to an activating group) is 2. The van der Waals surface area contributed by atoms with Crippen LogP contribution in [0.25, 0.3) is 11.1 Å². The molecule has 4 N–H and O–H groups in total. The minimum Gasteiger partial charge on any atom is -0.488 e. The van der Waals surface area contributed by atoms with Gasteiger partial charge in [-0.3, -0.25) is 34.3 Å². The molecule has 0 bridgehead atoms.